The van der Waals surface area contributed by atoms with Gasteiger partial charge in [-0.25, -0.2) is 0 Å². The molecule has 0 aliphatic carbocycles. The highest BCUT2D eigenvalue weighted by Gasteiger charge is 2.03. The SMILES string of the molecule is C[C@@H](C=NNc1ccc([N+](=O)[O-])cc1)c1ccccc1. The maximum atomic E-state index is 10.5. The lowest BCUT2D eigenvalue weighted by Crippen LogP contribution is -1.97. The van der Waals surface area contributed by atoms with Crippen LogP contribution in [0.1, 0.15) is 18.4 Å². The van der Waals surface area contributed by atoms with Crippen LogP contribution in [-0.4, -0.2) is 11.1 Å². The monoisotopic (exact) mass is 269 g/mol. The molecule has 0 heterocycles. The molecule has 5 nitrogen and oxygen atoms in total. The zero-order chi connectivity index (χ0) is 14.4. The second-order valence-electron chi connectivity index (χ2n) is 4.39. The molecule has 0 saturated heterocycles. The lowest BCUT2D eigenvalue weighted by atomic mass is 10.0. The molecule has 0 bridgehead atoms. The predicted molar refractivity (Wildman–Crippen MR) is 80.1 cm³/mol. The molecule has 5 heteroatoms. The van der Waals surface area contributed by atoms with Gasteiger partial charge in [-0.2, -0.15) is 5.10 Å². The number of nitro groups is 1. The van der Waals surface area contributed by atoms with Gasteiger partial charge in [-0.3, -0.25) is 15.5 Å². The molecule has 0 fully saturated rings. The molecule has 2 aromatic carbocycles. The Labute approximate surface area is 117 Å². The number of rotatable bonds is 5. The third kappa shape index (κ3) is 3.65. The highest BCUT2D eigenvalue weighted by Crippen LogP contribution is 2.16. The highest BCUT2D eigenvalue weighted by molar-refractivity contribution is 5.68. The molecule has 102 valence electrons. The van der Waals surface area contributed by atoms with E-state index in [2.05, 4.69) is 17.5 Å². The Kier molecular flexibility index (Phi) is 4.44. The number of anilines is 1. The Bertz CT molecular complexity index is 594. The van der Waals surface area contributed by atoms with Crippen LogP contribution in [0, 0.1) is 10.1 Å². The molecule has 0 saturated carbocycles. The van der Waals surface area contributed by atoms with Crippen LogP contribution in [0.25, 0.3) is 0 Å². The van der Waals surface area contributed by atoms with Crippen LogP contribution < -0.4 is 5.43 Å². The molecular formula is C15H15N3O2. The topological polar surface area (TPSA) is 67.5 Å². The largest absolute Gasteiger partial charge is 0.279 e. The Morgan fingerprint density at radius 2 is 1.80 bits per heavy atom. The van der Waals surface area contributed by atoms with Crippen molar-refractivity contribution in [3.05, 3.63) is 70.3 Å². The molecule has 2 aromatic rings. The van der Waals surface area contributed by atoms with Gasteiger partial charge in [0.2, 0.25) is 0 Å². The fourth-order valence-corrected chi connectivity index (χ4v) is 1.72. The Balaban J connectivity index is 1.94. The summed E-state index contributed by atoms with van der Waals surface area (Å²) in [6.45, 7) is 2.05. The molecule has 0 aliphatic rings. The number of nitrogens with zero attached hydrogens (tertiary/aromatic N) is 2. The van der Waals surface area contributed by atoms with E-state index in [1.807, 2.05) is 30.3 Å². The number of nitrogens with one attached hydrogen (secondary N) is 1. The number of hydrogen-bond acceptors (Lipinski definition) is 4. The van der Waals surface area contributed by atoms with Gasteiger partial charge in [0.15, 0.2) is 0 Å². The van der Waals surface area contributed by atoms with E-state index in [0.29, 0.717) is 5.69 Å². The first-order valence-corrected chi connectivity index (χ1v) is 6.25. The van der Waals surface area contributed by atoms with Gasteiger partial charge in [-0.1, -0.05) is 37.3 Å². The van der Waals surface area contributed by atoms with Gasteiger partial charge in [0.05, 0.1) is 10.6 Å². The molecule has 0 amide bonds. The molecule has 2 rings (SSSR count). The van der Waals surface area contributed by atoms with E-state index < -0.39 is 4.92 Å². The Morgan fingerprint density at radius 3 is 2.40 bits per heavy atom. The Morgan fingerprint density at radius 1 is 1.15 bits per heavy atom. The van der Waals surface area contributed by atoms with Gasteiger partial charge in [0.25, 0.3) is 5.69 Å². The summed E-state index contributed by atoms with van der Waals surface area (Å²) in [7, 11) is 0. The van der Waals surface area contributed by atoms with Crippen molar-refractivity contribution in [1.29, 1.82) is 0 Å². The summed E-state index contributed by atoms with van der Waals surface area (Å²) in [5, 5.41) is 14.7. The van der Waals surface area contributed by atoms with Crippen molar-refractivity contribution in [2.75, 3.05) is 5.43 Å². The van der Waals surface area contributed by atoms with Crippen LogP contribution in [-0.2, 0) is 0 Å². The van der Waals surface area contributed by atoms with Gasteiger partial charge in [0.1, 0.15) is 0 Å². The van der Waals surface area contributed by atoms with Crippen molar-refractivity contribution < 1.29 is 4.92 Å². The number of non-ortho nitro benzene ring substituents is 1. The maximum absolute atomic E-state index is 10.5. The molecule has 0 unspecified atom stereocenters. The fraction of sp³-hybridized carbons (Fsp3) is 0.133. The molecule has 1 atom stereocenters. The second kappa shape index (κ2) is 6.47. The first-order chi connectivity index (χ1) is 9.66. The number of hydrogen-bond donors (Lipinski definition) is 1. The summed E-state index contributed by atoms with van der Waals surface area (Å²) in [6, 6.07) is 16.2. The van der Waals surface area contributed by atoms with Crippen LogP contribution in [0.3, 0.4) is 0 Å². The molecule has 0 radical (unpaired) electrons. The minimum atomic E-state index is -0.426. The predicted octanol–water partition coefficient (Wildman–Crippen LogP) is 3.80. The lowest BCUT2D eigenvalue weighted by Gasteiger charge is -2.05. The zero-order valence-corrected chi connectivity index (χ0v) is 11.1. The van der Waals surface area contributed by atoms with Crippen LogP contribution in [0.5, 0.6) is 0 Å². The van der Waals surface area contributed by atoms with Gasteiger partial charge in [-0.15, -0.1) is 0 Å². The molecule has 20 heavy (non-hydrogen) atoms. The third-order valence-electron chi connectivity index (χ3n) is 2.90. The van der Waals surface area contributed by atoms with E-state index in [0.717, 1.165) is 0 Å². The van der Waals surface area contributed by atoms with Crippen LogP contribution >= 0.6 is 0 Å². The van der Waals surface area contributed by atoms with Gasteiger partial charge in [0, 0.05) is 24.3 Å². The van der Waals surface area contributed by atoms with Crippen LogP contribution in [0.4, 0.5) is 11.4 Å². The molecular weight excluding hydrogens is 254 g/mol. The summed E-state index contributed by atoms with van der Waals surface area (Å²) >= 11 is 0. The fourth-order valence-electron chi connectivity index (χ4n) is 1.72. The first kappa shape index (κ1) is 13.7. The molecule has 0 spiro atoms. The minimum absolute atomic E-state index is 0.0668. The van der Waals surface area contributed by atoms with Crippen LogP contribution in [0.2, 0.25) is 0 Å². The van der Waals surface area contributed by atoms with Crippen molar-refractivity contribution in [3.63, 3.8) is 0 Å². The van der Waals surface area contributed by atoms with E-state index in [9.17, 15) is 10.1 Å². The van der Waals surface area contributed by atoms with E-state index in [4.69, 9.17) is 0 Å². The molecule has 0 aromatic heterocycles. The van der Waals surface area contributed by atoms with E-state index in [1.165, 1.54) is 17.7 Å². The lowest BCUT2D eigenvalue weighted by molar-refractivity contribution is -0.384. The van der Waals surface area contributed by atoms with Gasteiger partial charge < -0.3 is 0 Å². The van der Waals surface area contributed by atoms with Crippen molar-refractivity contribution in [2.45, 2.75) is 12.8 Å². The normalized spacial score (nSPS) is 12.2. The summed E-state index contributed by atoms with van der Waals surface area (Å²) in [5.41, 5.74) is 4.82. The van der Waals surface area contributed by atoms with Gasteiger partial charge in [-0.05, 0) is 17.7 Å². The summed E-state index contributed by atoms with van der Waals surface area (Å²) in [4.78, 5) is 10.1. The van der Waals surface area contributed by atoms with Crippen LogP contribution in [0.15, 0.2) is 59.7 Å². The van der Waals surface area contributed by atoms with E-state index in [-0.39, 0.29) is 11.6 Å². The van der Waals surface area contributed by atoms with E-state index in [1.54, 1.807) is 18.3 Å². The molecule has 0 aliphatic heterocycles. The van der Waals surface area contributed by atoms with Crippen molar-refractivity contribution in [1.82, 2.24) is 0 Å². The Hall–Kier alpha value is -2.69. The van der Waals surface area contributed by atoms with Crippen molar-refractivity contribution in [2.24, 2.45) is 5.10 Å². The number of benzene rings is 2. The average molecular weight is 269 g/mol. The van der Waals surface area contributed by atoms with E-state index >= 15 is 0 Å². The summed E-state index contributed by atoms with van der Waals surface area (Å²) in [5.74, 6) is 0.196. The van der Waals surface area contributed by atoms with Gasteiger partial charge >= 0.3 is 0 Å². The quantitative estimate of drug-likeness (QED) is 0.510. The average Bonchev–Trinajstić information content (AvgIpc) is 2.48. The zero-order valence-electron chi connectivity index (χ0n) is 11.1. The third-order valence-corrected chi connectivity index (χ3v) is 2.90. The van der Waals surface area contributed by atoms with Crippen molar-refractivity contribution in [3.8, 4) is 0 Å². The minimum Gasteiger partial charge on any atom is -0.279 e. The second-order valence-corrected chi connectivity index (χ2v) is 4.39. The summed E-state index contributed by atoms with van der Waals surface area (Å²) < 4.78 is 0. The highest BCUT2D eigenvalue weighted by atomic mass is 16.6. The smallest absolute Gasteiger partial charge is 0.269 e. The molecule has 1 N–H and O–H groups in total. The standard InChI is InChI=1S/C15H15N3O2/c1-12(13-5-3-2-4-6-13)11-16-17-14-7-9-15(10-8-14)18(19)20/h2-12,17H,1H3/t12-/m0/s1. The maximum Gasteiger partial charge on any atom is 0.269 e. The number of nitro benzene ring substituents is 1. The first-order valence-electron chi connectivity index (χ1n) is 6.25. The number of hydrazone groups is 1. The van der Waals surface area contributed by atoms with Crippen molar-refractivity contribution >= 4 is 17.6 Å². The summed E-state index contributed by atoms with van der Waals surface area (Å²) in [6.07, 6.45) is 1.80.